The zero-order valence-corrected chi connectivity index (χ0v) is 14.3. The van der Waals surface area contributed by atoms with Crippen LogP contribution in [0, 0.1) is 0 Å². The summed E-state index contributed by atoms with van der Waals surface area (Å²) in [5, 5.41) is 0.689. The Hall–Kier alpha value is -2.30. The van der Waals surface area contributed by atoms with Crippen LogP contribution in [0.15, 0.2) is 41.2 Å². The molecular formula is C20H20F3NO. The lowest BCUT2D eigenvalue weighted by Crippen LogP contribution is -2.21. The predicted octanol–water partition coefficient (Wildman–Crippen LogP) is 5.23. The molecule has 2 aromatic carbocycles. The SMILES string of the molecule is CCCc1ccc2c(c1)c(=O)c1ccc(CC)cc1n2CC(F)(F)F. The third-order valence-electron chi connectivity index (χ3n) is 4.48. The molecule has 0 N–H and O–H groups in total. The molecule has 0 unspecified atom stereocenters. The summed E-state index contributed by atoms with van der Waals surface area (Å²) in [6.07, 6.45) is -1.96. The Morgan fingerprint density at radius 2 is 1.64 bits per heavy atom. The van der Waals surface area contributed by atoms with Crippen LogP contribution >= 0.6 is 0 Å². The number of fused-ring (bicyclic) bond motifs is 2. The van der Waals surface area contributed by atoms with Gasteiger partial charge in [0.1, 0.15) is 6.54 Å². The van der Waals surface area contributed by atoms with Crippen LogP contribution in [0.2, 0.25) is 0 Å². The highest BCUT2D eigenvalue weighted by molar-refractivity contribution is 5.94. The maximum atomic E-state index is 13.2. The Morgan fingerprint density at radius 3 is 2.28 bits per heavy atom. The van der Waals surface area contributed by atoms with Gasteiger partial charge in [-0.1, -0.05) is 32.4 Å². The number of benzene rings is 2. The van der Waals surface area contributed by atoms with E-state index in [1.165, 1.54) is 4.57 Å². The summed E-state index contributed by atoms with van der Waals surface area (Å²) in [6, 6.07) is 10.3. The predicted molar refractivity (Wildman–Crippen MR) is 95.1 cm³/mol. The number of rotatable bonds is 4. The van der Waals surface area contributed by atoms with E-state index in [1.54, 1.807) is 24.3 Å². The summed E-state index contributed by atoms with van der Waals surface area (Å²) in [5.41, 5.74) is 2.35. The molecule has 0 amide bonds. The summed E-state index contributed by atoms with van der Waals surface area (Å²) in [6.45, 7) is 2.85. The molecule has 0 saturated heterocycles. The fourth-order valence-corrected chi connectivity index (χ4v) is 3.28. The van der Waals surface area contributed by atoms with Gasteiger partial charge in [0.15, 0.2) is 5.43 Å². The molecule has 3 aromatic rings. The van der Waals surface area contributed by atoms with Crippen molar-refractivity contribution >= 4 is 21.8 Å². The van der Waals surface area contributed by atoms with Crippen LogP contribution in [-0.4, -0.2) is 10.7 Å². The van der Waals surface area contributed by atoms with Crippen LogP contribution in [0.3, 0.4) is 0 Å². The van der Waals surface area contributed by atoms with Crippen LogP contribution in [0.5, 0.6) is 0 Å². The van der Waals surface area contributed by atoms with E-state index in [0.717, 1.165) is 24.0 Å². The fourth-order valence-electron chi connectivity index (χ4n) is 3.28. The molecule has 0 aliphatic heterocycles. The third-order valence-corrected chi connectivity index (χ3v) is 4.48. The maximum Gasteiger partial charge on any atom is 0.406 e. The largest absolute Gasteiger partial charge is 0.406 e. The van der Waals surface area contributed by atoms with Crippen molar-refractivity contribution in [1.29, 1.82) is 0 Å². The minimum atomic E-state index is -4.36. The average molecular weight is 347 g/mol. The molecule has 3 rings (SSSR count). The van der Waals surface area contributed by atoms with E-state index in [1.807, 2.05) is 26.0 Å². The van der Waals surface area contributed by atoms with Crippen molar-refractivity contribution in [3.63, 3.8) is 0 Å². The molecule has 132 valence electrons. The molecule has 0 radical (unpaired) electrons. The Bertz CT molecular complexity index is 986. The summed E-state index contributed by atoms with van der Waals surface area (Å²) >= 11 is 0. The van der Waals surface area contributed by atoms with Gasteiger partial charge in [0.05, 0.1) is 11.0 Å². The highest BCUT2D eigenvalue weighted by Gasteiger charge is 2.29. The highest BCUT2D eigenvalue weighted by atomic mass is 19.4. The first-order chi connectivity index (χ1) is 11.8. The minimum Gasteiger partial charge on any atom is -0.331 e. The molecule has 0 aliphatic carbocycles. The smallest absolute Gasteiger partial charge is 0.331 e. The van der Waals surface area contributed by atoms with Gasteiger partial charge < -0.3 is 4.57 Å². The third kappa shape index (κ3) is 3.41. The molecule has 0 spiro atoms. The Kier molecular flexibility index (Phi) is 4.58. The van der Waals surface area contributed by atoms with E-state index in [9.17, 15) is 18.0 Å². The topological polar surface area (TPSA) is 22.0 Å². The fraction of sp³-hybridized carbons (Fsp3) is 0.350. The number of hydrogen-bond acceptors (Lipinski definition) is 1. The number of nitrogens with zero attached hydrogens (tertiary/aromatic N) is 1. The van der Waals surface area contributed by atoms with Crippen molar-refractivity contribution in [1.82, 2.24) is 4.57 Å². The summed E-state index contributed by atoms with van der Waals surface area (Å²) < 4.78 is 40.8. The van der Waals surface area contributed by atoms with Gasteiger partial charge in [-0.3, -0.25) is 4.79 Å². The van der Waals surface area contributed by atoms with Crippen molar-refractivity contribution in [3.05, 3.63) is 57.7 Å². The first kappa shape index (κ1) is 17.5. The summed E-state index contributed by atoms with van der Waals surface area (Å²) in [5.74, 6) is 0. The van der Waals surface area contributed by atoms with Gasteiger partial charge in [0.25, 0.3) is 0 Å². The Morgan fingerprint density at radius 1 is 0.920 bits per heavy atom. The lowest BCUT2D eigenvalue weighted by atomic mass is 10.0. The van der Waals surface area contributed by atoms with Gasteiger partial charge in [-0.25, -0.2) is 0 Å². The van der Waals surface area contributed by atoms with Crippen LogP contribution in [-0.2, 0) is 19.4 Å². The van der Waals surface area contributed by atoms with Gasteiger partial charge in [-0.05, 0) is 48.2 Å². The quantitative estimate of drug-likeness (QED) is 0.592. The molecule has 0 atom stereocenters. The van der Waals surface area contributed by atoms with E-state index < -0.39 is 12.7 Å². The molecular weight excluding hydrogens is 327 g/mol. The molecule has 1 aromatic heterocycles. The van der Waals surface area contributed by atoms with Gasteiger partial charge in [-0.15, -0.1) is 0 Å². The molecule has 0 bridgehead atoms. The monoisotopic (exact) mass is 347 g/mol. The van der Waals surface area contributed by atoms with Crippen LogP contribution < -0.4 is 5.43 Å². The number of pyridine rings is 1. The molecule has 0 aliphatic rings. The lowest BCUT2D eigenvalue weighted by Gasteiger charge is -2.18. The minimum absolute atomic E-state index is 0.205. The molecule has 1 heterocycles. The number of halogens is 3. The molecule has 25 heavy (non-hydrogen) atoms. The standard InChI is InChI=1S/C20H20F3NO/c1-3-5-14-7-9-17-16(10-14)19(25)15-8-6-13(4-2)11-18(15)24(17)12-20(21,22)23/h6-11H,3-5,12H2,1-2H3. The zero-order chi connectivity index (χ0) is 18.2. The Labute approximate surface area is 143 Å². The van der Waals surface area contributed by atoms with Crippen molar-refractivity contribution < 1.29 is 13.2 Å². The second kappa shape index (κ2) is 6.54. The molecule has 0 saturated carbocycles. The van der Waals surface area contributed by atoms with Gasteiger partial charge in [0, 0.05) is 10.8 Å². The number of hydrogen-bond donors (Lipinski definition) is 0. The summed E-state index contributed by atoms with van der Waals surface area (Å²) in [7, 11) is 0. The highest BCUT2D eigenvalue weighted by Crippen LogP contribution is 2.26. The summed E-state index contributed by atoms with van der Waals surface area (Å²) in [4.78, 5) is 12.9. The van der Waals surface area contributed by atoms with Gasteiger partial charge in [-0.2, -0.15) is 13.2 Å². The van der Waals surface area contributed by atoms with Crippen LogP contribution in [0.1, 0.15) is 31.4 Å². The Balaban J connectivity index is 2.42. The van der Waals surface area contributed by atoms with Gasteiger partial charge in [0.2, 0.25) is 0 Å². The second-order valence-corrected chi connectivity index (χ2v) is 6.34. The lowest BCUT2D eigenvalue weighted by molar-refractivity contribution is -0.139. The van der Waals surface area contributed by atoms with E-state index in [2.05, 4.69) is 0 Å². The molecule has 0 fully saturated rings. The van der Waals surface area contributed by atoms with Gasteiger partial charge >= 0.3 is 6.18 Å². The second-order valence-electron chi connectivity index (χ2n) is 6.34. The number of aryl methyl sites for hydroxylation is 2. The van der Waals surface area contributed by atoms with E-state index in [-0.39, 0.29) is 5.43 Å². The van der Waals surface area contributed by atoms with Crippen LogP contribution in [0.25, 0.3) is 21.8 Å². The number of alkyl halides is 3. The average Bonchev–Trinajstić information content (AvgIpc) is 2.57. The van der Waals surface area contributed by atoms with Crippen LogP contribution in [0.4, 0.5) is 13.2 Å². The maximum absolute atomic E-state index is 13.2. The first-order valence-electron chi connectivity index (χ1n) is 8.49. The van der Waals surface area contributed by atoms with Crippen molar-refractivity contribution in [2.45, 2.75) is 45.8 Å². The van der Waals surface area contributed by atoms with E-state index in [0.29, 0.717) is 28.2 Å². The normalized spacial score (nSPS) is 12.2. The molecule has 5 heteroatoms. The number of aromatic nitrogens is 1. The first-order valence-corrected chi connectivity index (χ1v) is 8.49. The van der Waals surface area contributed by atoms with E-state index in [4.69, 9.17) is 0 Å². The zero-order valence-electron chi connectivity index (χ0n) is 14.3. The van der Waals surface area contributed by atoms with Crippen molar-refractivity contribution in [2.24, 2.45) is 0 Å². The van der Waals surface area contributed by atoms with Crippen molar-refractivity contribution in [2.75, 3.05) is 0 Å². The molecule has 2 nitrogen and oxygen atoms in total. The van der Waals surface area contributed by atoms with Crippen molar-refractivity contribution in [3.8, 4) is 0 Å². The van der Waals surface area contributed by atoms with E-state index >= 15 is 0 Å².